The molecular formula is C12H14BrClN2O3S. The van der Waals surface area contributed by atoms with Crippen LogP contribution in [0.1, 0.15) is 30.1 Å². The van der Waals surface area contributed by atoms with E-state index in [2.05, 4.69) is 15.9 Å². The van der Waals surface area contributed by atoms with Crippen molar-refractivity contribution in [3.05, 3.63) is 27.2 Å². The second kappa shape index (κ2) is 5.63. The van der Waals surface area contributed by atoms with Gasteiger partial charge in [0.05, 0.1) is 10.6 Å². The highest BCUT2D eigenvalue weighted by Gasteiger charge is 2.33. The van der Waals surface area contributed by atoms with Gasteiger partial charge in [0.25, 0.3) is 5.91 Å². The topological polar surface area (TPSA) is 80.5 Å². The Morgan fingerprint density at radius 3 is 2.55 bits per heavy atom. The molecule has 0 saturated heterocycles. The summed E-state index contributed by atoms with van der Waals surface area (Å²) >= 11 is 9.24. The van der Waals surface area contributed by atoms with Gasteiger partial charge in [0.1, 0.15) is 4.90 Å². The van der Waals surface area contributed by atoms with E-state index in [1.165, 1.54) is 12.1 Å². The van der Waals surface area contributed by atoms with Crippen LogP contribution in [0.3, 0.4) is 0 Å². The van der Waals surface area contributed by atoms with Crippen molar-refractivity contribution in [2.24, 2.45) is 5.14 Å². The number of hydrogen-bond acceptors (Lipinski definition) is 3. The van der Waals surface area contributed by atoms with E-state index in [-0.39, 0.29) is 27.4 Å². The van der Waals surface area contributed by atoms with Gasteiger partial charge in [0, 0.05) is 17.1 Å². The molecule has 20 heavy (non-hydrogen) atoms. The van der Waals surface area contributed by atoms with Crippen LogP contribution in [-0.4, -0.2) is 31.8 Å². The fraction of sp³-hybridized carbons (Fsp3) is 0.417. The molecule has 1 aromatic carbocycles. The largest absolute Gasteiger partial charge is 0.336 e. The number of carbonyl (C=O) groups is 1. The highest BCUT2D eigenvalue weighted by Crippen LogP contribution is 2.33. The monoisotopic (exact) mass is 380 g/mol. The zero-order valence-electron chi connectivity index (χ0n) is 10.8. The molecular weight excluding hydrogens is 368 g/mol. The average molecular weight is 382 g/mol. The zero-order chi connectivity index (χ0) is 15.1. The maximum atomic E-state index is 12.5. The molecule has 0 aromatic heterocycles. The van der Waals surface area contributed by atoms with Crippen molar-refractivity contribution in [1.29, 1.82) is 0 Å². The minimum atomic E-state index is -3.98. The summed E-state index contributed by atoms with van der Waals surface area (Å²) in [7, 11) is -3.98. The van der Waals surface area contributed by atoms with Crippen LogP contribution in [0.15, 0.2) is 21.5 Å². The van der Waals surface area contributed by atoms with Crippen molar-refractivity contribution in [1.82, 2.24) is 4.90 Å². The molecule has 0 unspecified atom stereocenters. The first-order chi connectivity index (χ1) is 9.25. The number of halogens is 2. The molecule has 0 bridgehead atoms. The van der Waals surface area contributed by atoms with E-state index in [1.54, 1.807) is 4.90 Å². The smallest absolute Gasteiger partial charge is 0.255 e. The fourth-order valence-corrected chi connectivity index (χ4v) is 3.81. The van der Waals surface area contributed by atoms with E-state index >= 15 is 0 Å². The van der Waals surface area contributed by atoms with Crippen molar-refractivity contribution in [3.63, 3.8) is 0 Å². The zero-order valence-corrected chi connectivity index (χ0v) is 13.9. The Kier molecular flexibility index (Phi) is 4.44. The van der Waals surface area contributed by atoms with Gasteiger partial charge in [-0.2, -0.15) is 0 Å². The molecule has 0 aliphatic heterocycles. The van der Waals surface area contributed by atoms with Crippen molar-refractivity contribution >= 4 is 43.5 Å². The first kappa shape index (κ1) is 15.8. The summed E-state index contributed by atoms with van der Waals surface area (Å²) < 4.78 is 23.5. The number of carbonyl (C=O) groups excluding carboxylic acids is 1. The van der Waals surface area contributed by atoms with Gasteiger partial charge < -0.3 is 4.90 Å². The van der Waals surface area contributed by atoms with Crippen LogP contribution >= 0.6 is 27.5 Å². The number of sulfonamides is 1. The third-order valence-corrected chi connectivity index (χ3v) is 5.04. The predicted octanol–water partition coefficient (Wildman–Crippen LogP) is 2.37. The standard InChI is InChI=1S/C12H14BrClN2O3S/c1-2-16(8-3-4-8)12(17)9-5-7(13)6-10(11(9)14)20(15,18)19/h5-6,8H,2-4H2,1H3,(H2,15,18,19). The van der Waals surface area contributed by atoms with Crippen LogP contribution in [0.5, 0.6) is 0 Å². The van der Waals surface area contributed by atoms with Crippen LogP contribution < -0.4 is 5.14 Å². The van der Waals surface area contributed by atoms with Gasteiger partial charge in [-0.25, -0.2) is 13.6 Å². The second-order valence-corrected chi connectivity index (χ2v) is 7.46. The summed E-state index contributed by atoms with van der Waals surface area (Å²) in [5.41, 5.74) is 0.152. The maximum absolute atomic E-state index is 12.5. The molecule has 2 rings (SSSR count). The van der Waals surface area contributed by atoms with Gasteiger partial charge in [-0.1, -0.05) is 27.5 Å². The molecule has 5 nitrogen and oxygen atoms in total. The van der Waals surface area contributed by atoms with E-state index in [9.17, 15) is 13.2 Å². The SMILES string of the molecule is CCN(C(=O)c1cc(Br)cc(S(N)(=O)=O)c1Cl)C1CC1. The van der Waals surface area contributed by atoms with Gasteiger partial charge >= 0.3 is 0 Å². The Hall–Kier alpha value is -0.630. The predicted molar refractivity (Wildman–Crippen MR) is 80.3 cm³/mol. The molecule has 2 N–H and O–H groups in total. The van der Waals surface area contributed by atoms with Crippen LogP contribution in [0, 0.1) is 0 Å². The van der Waals surface area contributed by atoms with E-state index < -0.39 is 10.0 Å². The van der Waals surface area contributed by atoms with Crippen molar-refractivity contribution in [3.8, 4) is 0 Å². The highest BCUT2D eigenvalue weighted by atomic mass is 79.9. The Morgan fingerprint density at radius 1 is 1.50 bits per heavy atom. The molecule has 0 atom stereocenters. The van der Waals surface area contributed by atoms with Crippen molar-refractivity contribution in [2.75, 3.05) is 6.54 Å². The van der Waals surface area contributed by atoms with Crippen LogP contribution in [0.2, 0.25) is 5.02 Å². The normalized spacial score (nSPS) is 15.2. The number of benzene rings is 1. The Morgan fingerprint density at radius 2 is 2.10 bits per heavy atom. The van der Waals surface area contributed by atoms with Gasteiger partial charge in [0.2, 0.25) is 10.0 Å². The van der Waals surface area contributed by atoms with E-state index in [1.807, 2.05) is 6.92 Å². The highest BCUT2D eigenvalue weighted by molar-refractivity contribution is 9.10. The molecule has 110 valence electrons. The number of amides is 1. The maximum Gasteiger partial charge on any atom is 0.255 e. The molecule has 0 radical (unpaired) electrons. The minimum absolute atomic E-state index is 0.125. The Balaban J connectivity index is 2.51. The van der Waals surface area contributed by atoms with Gasteiger partial charge in [-0.3, -0.25) is 4.79 Å². The average Bonchev–Trinajstić information content (AvgIpc) is 3.15. The molecule has 1 amide bonds. The molecule has 0 spiro atoms. The van der Waals surface area contributed by atoms with Crippen molar-refractivity contribution in [2.45, 2.75) is 30.7 Å². The summed E-state index contributed by atoms with van der Waals surface area (Å²) in [6.07, 6.45) is 1.93. The quantitative estimate of drug-likeness (QED) is 0.869. The lowest BCUT2D eigenvalue weighted by Crippen LogP contribution is -2.33. The van der Waals surface area contributed by atoms with Crippen LogP contribution in [0.4, 0.5) is 0 Å². The molecule has 1 fully saturated rings. The summed E-state index contributed by atoms with van der Waals surface area (Å²) in [5, 5.41) is 4.99. The molecule has 1 saturated carbocycles. The van der Waals surface area contributed by atoms with E-state index in [0.29, 0.717) is 11.0 Å². The molecule has 8 heteroatoms. The van der Waals surface area contributed by atoms with Crippen LogP contribution in [-0.2, 0) is 10.0 Å². The summed E-state index contributed by atoms with van der Waals surface area (Å²) in [6.45, 7) is 2.43. The Labute approximate surface area is 131 Å². The third-order valence-electron chi connectivity index (χ3n) is 3.13. The summed E-state index contributed by atoms with van der Waals surface area (Å²) in [5.74, 6) is -0.272. The van der Waals surface area contributed by atoms with Crippen LogP contribution in [0.25, 0.3) is 0 Å². The molecule has 1 aliphatic rings. The fourth-order valence-electron chi connectivity index (χ4n) is 2.04. The number of nitrogens with two attached hydrogens (primary N) is 1. The lowest BCUT2D eigenvalue weighted by Gasteiger charge is -2.21. The van der Waals surface area contributed by atoms with Crippen molar-refractivity contribution < 1.29 is 13.2 Å². The van der Waals surface area contributed by atoms with E-state index in [4.69, 9.17) is 16.7 Å². The lowest BCUT2D eigenvalue weighted by atomic mass is 10.2. The van der Waals surface area contributed by atoms with Gasteiger partial charge in [-0.15, -0.1) is 0 Å². The number of primary sulfonamides is 1. The molecule has 1 aromatic rings. The van der Waals surface area contributed by atoms with Gasteiger partial charge in [-0.05, 0) is 31.9 Å². The van der Waals surface area contributed by atoms with E-state index in [0.717, 1.165) is 12.8 Å². The first-order valence-electron chi connectivity index (χ1n) is 6.08. The van der Waals surface area contributed by atoms with Gasteiger partial charge in [0.15, 0.2) is 0 Å². The molecule has 0 heterocycles. The number of hydrogen-bond donors (Lipinski definition) is 1. The lowest BCUT2D eigenvalue weighted by molar-refractivity contribution is 0.0752. The Bertz CT molecular complexity index is 659. The number of rotatable bonds is 4. The first-order valence-corrected chi connectivity index (χ1v) is 8.80. The summed E-state index contributed by atoms with van der Waals surface area (Å²) in [4.78, 5) is 13.9. The summed E-state index contributed by atoms with van der Waals surface area (Å²) in [6, 6.07) is 3.03. The third kappa shape index (κ3) is 3.16. The molecule has 1 aliphatic carbocycles. The second-order valence-electron chi connectivity index (χ2n) is 4.63. The number of nitrogens with zero attached hydrogens (tertiary/aromatic N) is 1. The minimum Gasteiger partial charge on any atom is -0.336 e.